The van der Waals surface area contributed by atoms with Gasteiger partial charge in [0.15, 0.2) is 0 Å². The lowest BCUT2D eigenvalue weighted by Gasteiger charge is -2.16. The highest BCUT2D eigenvalue weighted by molar-refractivity contribution is 5.90. The van der Waals surface area contributed by atoms with Gasteiger partial charge in [0.25, 0.3) is 5.56 Å². The molecule has 0 atom stereocenters. The van der Waals surface area contributed by atoms with Crippen LogP contribution in [0, 0.1) is 0 Å². The molecule has 7 heteroatoms. The number of anilines is 2. The van der Waals surface area contributed by atoms with Gasteiger partial charge in [0.2, 0.25) is 5.91 Å². The Morgan fingerprint density at radius 1 is 1.08 bits per heavy atom. The smallest absolute Gasteiger partial charge is 0.261 e. The zero-order valence-electron chi connectivity index (χ0n) is 14.3. The van der Waals surface area contributed by atoms with Gasteiger partial charge in [0.1, 0.15) is 12.4 Å². The third kappa shape index (κ3) is 3.28. The topological polar surface area (TPSA) is 80.1 Å². The molecule has 7 nitrogen and oxygen atoms in total. The fourth-order valence-corrected chi connectivity index (χ4v) is 3.17. The molecule has 0 aliphatic carbocycles. The maximum atomic E-state index is 12.4. The van der Waals surface area contributed by atoms with Crippen LogP contribution in [-0.2, 0) is 11.3 Å². The number of carbonyl (C=O) groups excluding carboxylic acids is 1. The third-order valence-corrected chi connectivity index (χ3v) is 4.51. The van der Waals surface area contributed by atoms with E-state index < -0.39 is 0 Å². The van der Waals surface area contributed by atoms with E-state index in [1.54, 1.807) is 24.4 Å². The SMILES string of the molecule is O=C(Cn1cnc2ccccc2c1=O)Nc1ccc(N2CCCC2)nc1. The van der Waals surface area contributed by atoms with Crippen molar-refractivity contribution in [1.29, 1.82) is 0 Å². The minimum Gasteiger partial charge on any atom is -0.357 e. The predicted molar refractivity (Wildman–Crippen MR) is 100 cm³/mol. The molecule has 132 valence electrons. The van der Waals surface area contributed by atoms with Gasteiger partial charge in [-0.3, -0.25) is 14.2 Å². The Morgan fingerprint density at radius 3 is 2.65 bits per heavy atom. The highest BCUT2D eigenvalue weighted by Crippen LogP contribution is 2.19. The van der Waals surface area contributed by atoms with Gasteiger partial charge in [-0.05, 0) is 37.1 Å². The van der Waals surface area contributed by atoms with Crippen molar-refractivity contribution in [2.45, 2.75) is 19.4 Å². The molecule has 1 amide bonds. The van der Waals surface area contributed by atoms with E-state index >= 15 is 0 Å². The first-order chi connectivity index (χ1) is 12.7. The van der Waals surface area contributed by atoms with Gasteiger partial charge in [0.05, 0.1) is 29.1 Å². The monoisotopic (exact) mass is 349 g/mol. The van der Waals surface area contributed by atoms with E-state index in [1.807, 2.05) is 18.2 Å². The number of carbonyl (C=O) groups is 1. The first-order valence-corrected chi connectivity index (χ1v) is 8.66. The Hall–Kier alpha value is -3.22. The van der Waals surface area contributed by atoms with Crippen molar-refractivity contribution in [1.82, 2.24) is 14.5 Å². The molecule has 1 saturated heterocycles. The number of rotatable bonds is 4. The molecule has 1 aliphatic heterocycles. The van der Waals surface area contributed by atoms with Gasteiger partial charge in [-0.2, -0.15) is 0 Å². The van der Waals surface area contributed by atoms with Gasteiger partial charge in [-0.1, -0.05) is 12.1 Å². The molecular weight excluding hydrogens is 330 g/mol. The summed E-state index contributed by atoms with van der Waals surface area (Å²) in [6, 6.07) is 10.8. The van der Waals surface area contributed by atoms with Crippen LogP contribution in [0.3, 0.4) is 0 Å². The molecule has 26 heavy (non-hydrogen) atoms. The van der Waals surface area contributed by atoms with Crippen LogP contribution in [-0.4, -0.2) is 33.5 Å². The Kier molecular flexibility index (Phi) is 4.35. The fraction of sp³-hybridized carbons (Fsp3) is 0.263. The largest absolute Gasteiger partial charge is 0.357 e. The van der Waals surface area contributed by atoms with Crippen molar-refractivity contribution in [3.63, 3.8) is 0 Å². The standard InChI is InChI=1S/C19H19N5O2/c25-18(12-24-13-21-16-6-2-1-5-15(16)19(24)26)22-14-7-8-17(20-11-14)23-9-3-4-10-23/h1-2,5-8,11,13H,3-4,9-10,12H2,(H,22,25). The summed E-state index contributed by atoms with van der Waals surface area (Å²) in [5.74, 6) is 0.635. The molecule has 1 fully saturated rings. The van der Waals surface area contributed by atoms with Crippen LogP contribution in [0.25, 0.3) is 10.9 Å². The first kappa shape index (κ1) is 16.3. The summed E-state index contributed by atoms with van der Waals surface area (Å²) < 4.78 is 1.31. The highest BCUT2D eigenvalue weighted by atomic mass is 16.2. The number of nitrogens with zero attached hydrogens (tertiary/aromatic N) is 4. The number of aromatic nitrogens is 3. The predicted octanol–water partition coefficient (Wildman–Crippen LogP) is 2.03. The highest BCUT2D eigenvalue weighted by Gasteiger charge is 2.13. The number of fused-ring (bicyclic) bond motifs is 1. The summed E-state index contributed by atoms with van der Waals surface area (Å²) in [5, 5.41) is 3.28. The average molecular weight is 349 g/mol. The minimum absolute atomic E-state index is 0.0927. The molecule has 3 aromatic rings. The minimum atomic E-state index is -0.292. The van der Waals surface area contributed by atoms with Crippen LogP contribution >= 0.6 is 0 Å². The van der Waals surface area contributed by atoms with Crippen molar-refractivity contribution in [3.8, 4) is 0 Å². The lowest BCUT2D eigenvalue weighted by molar-refractivity contribution is -0.116. The molecule has 1 N–H and O–H groups in total. The molecule has 1 aromatic carbocycles. The molecule has 0 saturated carbocycles. The average Bonchev–Trinajstić information content (AvgIpc) is 3.20. The molecule has 1 aliphatic rings. The zero-order chi connectivity index (χ0) is 17.9. The number of nitrogens with one attached hydrogen (secondary N) is 1. The van der Waals surface area contributed by atoms with Gasteiger partial charge < -0.3 is 10.2 Å². The number of hydrogen-bond acceptors (Lipinski definition) is 5. The van der Waals surface area contributed by atoms with Gasteiger partial charge in [-0.25, -0.2) is 9.97 Å². The van der Waals surface area contributed by atoms with Crippen LogP contribution in [0.1, 0.15) is 12.8 Å². The second kappa shape index (κ2) is 6.95. The van der Waals surface area contributed by atoms with E-state index in [0.717, 1.165) is 18.9 Å². The lowest BCUT2D eigenvalue weighted by Crippen LogP contribution is -2.28. The van der Waals surface area contributed by atoms with Gasteiger partial charge in [0, 0.05) is 13.1 Å². The van der Waals surface area contributed by atoms with Gasteiger partial charge >= 0.3 is 0 Å². The Morgan fingerprint density at radius 2 is 1.88 bits per heavy atom. The molecular formula is C19H19N5O2. The molecule has 0 radical (unpaired) electrons. The molecule has 3 heterocycles. The lowest BCUT2D eigenvalue weighted by atomic mass is 10.2. The summed E-state index contributed by atoms with van der Waals surface area (Å²) in [6.45, 7) is 1.96. The number of para-hydroxylation sites is 1. The summed E-state index contributed by atoms with van der Waals surface area (Å²) in [6.07, 6.45) is 5.43. The van der Waals surface area contributed by atoms with E-state index in [9.17, 15) is 9.59 Å². The van der Waals surface area contributed by atoms with E-state index in [2.05, 4.69) is 20.2 Å². The molecule has 0 unspecified atom stereocenters. The number of hydrogen-bond donors (Lipinski definition) is 1. The molecule has 0 spiro atoms. The summed E-state index contributed by atoms with van der Waals surface area (Å²) in [4.78, 5) is 35.6. The van der Waals surface area contributed by atoms with Crippen molar-refractivity contribution >= 4 is 28.3 Å². The summed E-state index contributed by atoms with van der Waals surface area (Å²) in [7, 11) is 0. The summed E-state index contributed by atoms with van der Waals surface area (Å²) in [5.41, 5.74) is 1.00. The second-order valence-electron chi connectivity index (χ2n) is 6.34. The first-order valence-electron chi connectivity index (χ1n) is 8.66. The van der Waals surface area contributed by atoms with Crippen LogP contribution in [0.5, 0.6) is 0 Å². The van der Waals surface area contributed by atoms with Crippen LogP contribution in [0.15, 0.2) is 53.7 Å². The van der Waals surface area contributed by atoms with E-state index in [-0.39, 0.29) is 18.0 Å². The number of amides is 1. The van der Waals surface area contributed by atoms with Crippen molar-refractivity contribution in [3.05, 3.63) is 59.3 Å². The quantitative estimate of drug-likeness (QED) is 0.780. The normalized spacial score (nSPS) is 13.9. The van der Waals surface area contributed by atoms with E-state index in [1.165, 1.54) is 23.7 Å². The zero-order valence-corrected chi connectivity index (χ0v) is 14.3. The number of benzene rings is 1. The van der Waals surface area contributed by atoms with E-state index in [4.69, 9.17) is 0 Å². The van der Waals surface area contributed by atoms with Gasteiger partial charge in [-0.15, -0.1) is 0 Å². The maximum absolute atomic E-state index is 12.4. The summed E-state index contributed by atoms with van der Waals surface area (Å²) >= 11 is 0. The Bertz CT molecular complexity index is 991. The van der Waals surface area contributed by atoms with Crippen molar-refractivity contribution in [2.24, 2.45) is 0 Å². The Labute approximate surface area is 150 Å². The van der Waals surface area contributed by atoms with Crippen molar-refractivity contribution in [2.75, 3.05) is 23.3 Å². The van der Waals surface area contributed by atoms with Crippen LogP contribution in [0.4, 0.5) is 11.5 Å². The number of pyridine rings is 1. The second-order valence-corrected chi connectivity index (χ2v) is 6.34. The maximum Gasteiger partial charge on any atom is 0.261 e. The van der Waals surface area contributed by atoms with Crippen LogP contribution in [0.2, 0.25) is 0 Å². The third-order valence-electron chi connectivity index (χ3n) is 4.51. The molecule has 2 aromatic heterocycles. The fourth-order valence-electron chi connectivity index (χ4n) is 3.17. The Balaban J connectivity index is 1.45. The molecule has 0 bridgehead atoms. The molecule has 4 rings (SSSR count). The van der Waals surface area contributed by atoms with Crippen molar-refractivity contribution < 1.29 is 4.79 Å². The van der Waals surface area contributed by atoms with Crippen LogP contribution < -0.4 is 15.8 Å². The van der Waals surface area contributed by atoms with E-state index in [0.29, 0.717) is 16.6 Å².